The van der Waals surface area contributed by atoms with Crippen LogP contribution in [0.4, 0.5) is 0 Å². The molecule has 0 unspecified atom stereocenters. The Morgan fingerprint density at radius 1 is 1.20 bits per heavy atom. The lowest BCUT2D eigenvalue weighted by molar-refractivity contribution is -0.138. The average molecular weight is 347 g/mol. The molecule has 2 amide bonds. The molecule has 8 heteroatoms. The minimum atomic E-state index is -0.328. The van der Waals surface area contributed by atoms with Crippen LogP contribution in [-0.4, -0.2) is 70.3 Å². The van der Waals surface area contributed by atoms with E-state index in [1.165, 1.54) is 13.0 Å². The molecule has 25 heavy (non-hydrogen) atoms. The van der Waals surface area contributed by atoms with Gasteiger partial charge in [-0.2, -0.15) is 0 Å². The summed E-state index contributed by atoms with van der Waals surface area (Å²) in [5, 5.41) is 3.21. The highest BCUT2D eigenvalue weighted by molar-refractivity contribution is 5.83. The number of carbonyl (C=O) groups excluding carboxylic acids is 2. The van der Waals surface area contributed by atoms with Crippen LogP contribution in [0, 0.1) is 6.92 Å². The highest BCUT2D eigenvalue weighted by Crippen LogP contribution is 2.25. The Morgan fingerprint density at radius 3 is 2.56 bits per heavy atom. The summed E-state index contributed by atoms with van der Waals surface area (Å²) in [6, 6.07) is 1.16. The molecule has 2 N–H and O–H groups in total. The molecule has 136 valence electrons. The van der Waals surface area contributed by atoms with Crippen LogP contribution in [0.15, 0.2) is 10.9 Å². The van der Waals surface area contributed by atoms with E-state index < -0.39 is 0 Å². The molecule has 1 aromatic heterocycles. The minimum absolute atomic E-state index is 0.00693. The normalized spacial score (nSPS) is 22.1. The molecule has 1 aromatic rings. The van der Waals surface area contributed by atoms with E-state index in [9.17, 15) is 14.4 Å². The van der Waals surface area contributed by atoms with Crippen molar-refractivity contribution in [3.05, 3.63) is 27.9 Å². The first-order valence-corrected chi connectivity index (χ1v) is 8.79. The molecule has 0 aliphatic carbocycles. The second kappa shape index (κ2) is 7.35. The van der Waals surface area contributed by atoms with Gasteiger partial charge in [0.25, 0.3) is 5.56 Å². The van der Waals surface area contributed by atoms with Crippen molar-refractivity contribution in [2.45, 2.75) is 38.6 Å². The number of hydrogen-bond donors (Lipinski definition) is 2. The molecule has 8 nitrogen and oxygen atoms in total. The smallest absolute Gasteiger partial charge is 0.251 e. The summed E-state index contributed by atoms with van der Waals surface area (Å²) < 4.78 is 0. The molecular weight excluding hydrogens is 322 g/mol. The zero-order chi connectivity index (χ0) is 18.0. The van der Waals surface area contributed by atoms with E-state index in [0.717, 1.165) is 18.7 Å². The second-order valence-electron chi connectivity index (χ2n) is 6.84. The van der Waals surface area contributed by atoms with Gasteiger partial charge in [-0.25, -0.2) is 4.98 Å². The van der Waals surface area contributed by atoms with Gasteiger partial charge in [-0.3, -0.25) is 14.4 Å². The lowest BCUT2D eigenvalue weighted by atomic mass is 9.95. The molecule has 3 rings (SSSR count). The Bertz CT molecular complexity index is 708. The van der Waals surface area contributed by atoms with Gasteiger partial charge in [0.2, 0.25) is 11.8 Å². The first-order chi connectivity index (χ1) is 11.9. The first kappa shape index (κ1) is 17.6. The number of carbonyl (C=O) groups is 2. The fraction of sp³-hybridized carbons (Fsp3) is 0.647. The molecule has 2 saturated heterocycles. The number of amides is 2. The standard InChI is InChI=1S/C17H25N5O3/c1-11-9-15(24)20-16(19-11)13-3-6-21(7-4-13)17(25)14-10-22(12(2)23)8-5-18-14/h9,13-14,18H,3-8,10H2,1-2H3,(H,19,20,24)/t14-/m1/s1. The van der Waals surface area contributed by atoms with Crippen molar-refractivity contribution in [2.24, 2.45) is 0 Å². The van der Waals surface area contributed by atoms with Crippen molar-refractivity contribution in [3.63, 3.8) is 0 Å². The molecule has 0 aromatic carbocycles. The largest absolute Gasteiger partial charge is 0.341 e. The Labute approximate surface area is 146 Å². The lowest BCUT2D eigenvalue weighted by Gasteiger charge is -2.37. The molecule has 2 aliphatic rings. The molecule has 0 radical (unpaired) electrons. The Hall–Kier alpha value is -2.22. The maximum atomic E-state index is 12.7. The number of aromatic nitrogens is 2. The van der Waals surface area contributed by atoms with Crippen LogP contribution in [0.2, 0.25) is 0 Å². The van der Waals surface area contributed by atoms with Crippen molar-refractivity contribution in [2.75, 3.05) is 32.7 Å². The maximum absolute atomic E-state index is 12.7. The second-order valence-corrected chi connectivity index (χ2v) is 6.84. The first-order valence-electron chi connectivity index (χ1n) is 8.79. The minimum Gasteiger partial charge on any atom is -0.341 e. The van der Waals surface area contributed by atoms with Gasteiger partial charge in [-0.15, -0.1) is 0 Å². The predicted octanol–water partition coefficient (Wildman–Crippen LogP) is -0.395. The highest BCUT2D eigenvalue weighted by atomic mass is 16.2. The van der Waals surface area contributed by atoms with Crippen LogP contribution in [0.5, 0.6) is 0 Å². The zero-order valence-corrected chi connectivity index (χ0v) is 14.7. The third-order valence-corrected chi connectivity index (χ3v) is 5.00. The third kappa shape index (κ3) is 4.07. The summed E-state index contributed by atoms with van der Waals surface area (Å²) in [4.78, 5) is 46.7. The summed E-state index contributed by atoms with van der Waals surface area (Å²) in [6.45, 7) is 6.34. The van der Waals surface area contributed by atoms with Crippen molar-refractivity contribution in [1.29, 1.82) is 0 Å². The number of nitrogens with zero attached hydrogens (tertiary/aromatic N) is 3. The van der Waals surface area contributed by atoms with Gasteiger partial charge in [0.1, 0.15) is 11.9 Å². The summed E-state index contributed by atoms with van der Waals surface area (Å²) in [5.41, 5.74) is 0.588. The van der Waals surface area contributed by atoms with Crippen molar-refractivity contribution in [1.82, 2.24) is 25.1 Å². The van der Waals surface area contributed by atoms with E-state index in [0.29, 0.717) is 38.4 Å². The number of H-pyrrole nitrogens is 1. The quantitative estimate of drug-likeness (QED) is 0.759. The Morgan fingerprint density at radius 2 is 1.92 bits per heavy atom. The van der Waals surface area contributed by atoms with Crippen LogP contribution in [-0.2, 0) is 9.59 Å². The van der Waals surface area contributed by atoms with Crippen LogP contribution in [0.1, 0.15) is 37.2 Å². The molecule has 0 spiro atoms. The number of rotatable bonds is 2. The van der Waals surface area contributed by atoms with E-state index >= 15 is 0 Å². The van der Waals surface area contributed by atoms with Crippen LogP contribution in [0.3, 0.4) is 0 Å². The number of piperidine rings is 1. The summed E-state index contributed by atoms with van der Waals surface area (Å²) in [7, 11) is 0. The predicted molar refractivity (Wildman–Crippen MR) is 92.2 cm³/mol. The summed E-state index contributed by atoms with van der Waals surface area (Å²) >= 11 is 0. The number of aryl methyl sites for hydroxylation is 1. The fourth-order valence-electron chi connectivity index (χ4n) is 3.59. The van der Waals surface area contributed by atoms with E-state index in [1.54, 1.807) is 4.90 Å². The third-order valence-electron chi connectivity index (χ3n) is 5.00. The van der Waals surface area contributed by atoms with Crippen molar-refractivity contribution in [3.8, 4) is 0 Å². The average Bonchev–Trinajstić information content (AvgIpc) is 2.60. The van der Waals surface area contributed by atoms with E-state index in [2.05, 4.69) is 15.3 Å². The van der Waals surface area contributed by atoms with Gasteiger partial charge in [-0.05, 0) is 19.8 Å². The van der Waals surface area contributed by atoms with Gasteiger partial charge in [0.15, 0.2) is 0 Å². The lowest BCUT2D eigenvalue weighted by Crippen LogP contribution is -2.59. The van der Waals surface area contributed by atoms with Gasteiger partial charge in [-0.1, -0.05) is 0 Å². The van der Waals surface area contributed by atoms with Crippen LogP contribution >= 0.6 is 0 Å². The molecule has 1 atom stereocenters. The molecular formula is C17H25N5O3. The Balaban J connectivity index is 1.59. The number of aromatic amines is 1. The number of nitrogens with one attached hydrogen (secondary N) is 2. The van der Waals surface area contributed by atoms with Crippen molar-refractivity contribution >= 4 is 11.8 Å². The van der Waals surface area contributed by atoms with E-state index in [-0.39, 0.29) is 29.3 Å². The fourth-order valence-corrected chi connectivity index (χ4v) is 3.59. The number of hydrogen-bond acceptors (Lipinski definition) is 5. The summed E-state index contributed by atoms with van der Waals surface area (Å²) in [5.74, 6) is 0.947. The van der Waals surface area contributed by atoms with E-state index in [4.69, 9.17) is 0 Å². The number of piperazine rings is 1. The Kier molecular flexibility index (Phi) is 5.17. The monoisotopic (exact) mass is 347 g/mol. The van der Waals surface area contributed by atoms with Crippen LogP contribution in [0.25, 0.3) is 0 Å². The van der Waals surface area contributed by atoms with Crippen molar-refractivity contribution < 1.29 is 9.59 Å². The molecule has 3 heterocycles. The number of likely N-dealkylation sites (tertiary alicyclic amines) is 1. The van der Waals surface area contributed by atoms with Gasteiger partial charge in [0.05, 0.1) is 0 Å². The van der Waals surface area contributed by atoms with Crippen LogP contribution < -0.4 is 10.9 Å². The van der Waals surface area contributed by atoms with Gasteiger partial charge in [0, 0.05) is 57.3 Å². The zero-order valence-electron chi connectivity index (χ0n) is 14.7. The molecule has 0 bridgehead atoms. The summed E-state index contributed by atoms with van der Waals surface area (Å²) in [6.07, 6.45) is 1.56. The topological polar surface area (TPSA) is 98.4 Å². The van der Waals surface area contributed by atoms with E-state index in [1.807, 2.05) is 11.8 Å². The molecule has 2 fully saturated rings. The molecule has 2 aliphatic heterocycles. The maximum Gasteiger partial charge on any atom is 0.251 e. The molecule has 0 saturated carbocycles. The highest BCUT2D eigenvalue weighted by Gasteiger charge is 2.32. The SMILES string of the molecule is CC(=O)N1CCN[C@@H](C(=O)N2CCC(c3nc(C)cc(=O)[nH]3)CC2)C1. The van der Waals surface area contributed by atoms with Gasteiger partial charge < -0.3 is 20.1 Å². The van der Waals surface area contributed by atoms with Gasteiger partial charge >= 0.3 is 0 Å².